The van der Waals surface area contributed by atoms with Gasteiger partial charge >= 0.3 is 6.61 Å². The Bertz CT molecular complexity index is 1250. The van der Waals surface area contributed by atoms with Gasteiger partial charge in [-0.15, -0.1) is 0 Å². The summed E-state index contributed by atoms with van der Waals surface area (Å²) in [6.45, 7) is -3.27. The van der Waals surface area contributed by atoms with Crippen molar-refractivity contribution in [2.45, 2.75) is 6.61 Å². The molecule has 4 rings (SSSR count). The van der Waals surface area contributed by atoms with Gasteiger partial charge in [-0.25, -0.2) is 0 Å². The minimum atomic E-state index is -3.14. The third-order valence-electron chi connectivity index (χ3n) is 5.06. The summed E-state index contributed by atoms with van der Waals surface area (Å²) in [7, 11) is 1.27. The van der Waals surface area contributed by atoms with Gasteiger partial charge in [0.1, 0.15) is 6.54 Å². The molecule has 3 amide bonds. The van der Waals surface area contributed by atoms with E-state index in [1.165, 1.54) is 54.5 Å². The zero-order valence-electron chi connectivity index (χ0n) is 17.9. The molecule has 1 aliphatic rings. The highest BCUT2D eigenvalue weighted by atomic mass is 19.3. The van der Waals surface area contributed by atoms with E-state index in [9.17, 15) is 23.2 Å². The Morgan fingerprint density at radius 3 is 2.47 bits per heavy atom. The fourth-order valence-electron chi connectivity index (χ4n) is 3.53. The number of benzene rings is 3. The number of carbonyl (C=O) groups is 3. The average molecular weight is 467 g/mol. The van der Waals surface area contributed by atoms with Crippen LogP contribution >= 0.6 is 0 Å². The first-order valence-corrected chi connectivity index (χ1v) is 10.1. The molecular weight excluding hydrogens is 448 g/mol. The number of amides is 3. The van der Waals surface area contributed by atoms with Gasteiger partial charge in [0.05, 0.1) is 24.0 Å². The van der Waals surface area contributed by atoms with Crippen molar-refractivity contribution in [2.75, 3.05) is 29.2 Å². The Kier molecular flexibility index (Phi) is 6.39. The first kappa shape index (κ1) is 22.7. The molecule has 0 aromatic heterocycles. The second-order valence-corrected chi connectivity index (χ2v) is 7.20. The minimum absolute atomic E-state index is 0.0141. The molecule has 0 saturated carbocycles. The van der Waals surface area contributed by atoms with Gasteiger partial charge < -0.3 is 20.1 Å². The number of nitrogens with one attached hydrogen (secondary N) is 2. The number of alkyl halides is 2. The molecule has 34 heavy (non-hydrogen) atoms. The molecule has 1 heterocycles. The summed E-state index contributed by atoms with van der Waals surface area (Å²) in [5.74, 6) is -1.79. The highest BCUT2D eigenvalue weighted by Gasteiger charge is 2.27. The monoisotopic (exact) mass is 467 g/mol. The zero-order valence-corrected chi connectivity index (χ0v) is 17.9. The molecule has 3 aromatic carbocycles. The molecule has 2 N–H and O–H groups in total. The van der Waals surface area contributed by atoms with Crippen molar-refractivity contribution in [3.05, 3.63) is 77.9 Å². The fraction of sp³-hybridized carbons (Fsp3) is 0.125. The minimum Gasteiger partial charge on any atom is -0.493 e. The Labute approximate surface area is 193 Å². The van der Waals surface area contributed by atoms with Gasteiger partial charge in [0.25, 0.3) is 11.8 Å². The lowest BCUT2D eigenvalue weighted by Crippen LogP contribution is -2.42. The van der Waals surface area contributed by atoms with Crippen molar-refractivity contribution < 1.29 is 32.6 Å². The van der Waals surface area contributed by atoms with Crippen LogP contribution in [0.4, 0.5) is 25.8 Å². The summed E-state index contributed by atoms with van der Waals surface area (Å²) >= 11 is 0. The van der Waals surface area contributed by atoms with Crippen LogP contribution in [0, 0.1) is 0 Å². The maximum absolute atomic E-state index is 13.0. The Morgan fingerprint density at radius 2 is 1.76 bits per heavy atom. The van der Waals surface area contributed by atoms with Crippen LogP contribution in [0.2, 0.25) is 0 Å². The SMILES string of the molecule is COc1cccc(C(=O)Nc2ccc(C(=O)N3CC(=O)Nc4ccccc43)cc2)c1OC(F)F. The first-order chi connectivity index (χ1) is 16.4. The van der Waals surface area contributed by atoms with Crippen LogP contribution in [0.5, 0.6) is 11.5 Å². The summed E-state index contributed by atoms with van der Waals surface area (Å²) in [5, 5.41) is 5.30. The first-order valence-electron chi connectivity index (χ1n) is 10.1. The van der Waals surface area contributed by atoms with Crippen LogP contribution in [0.15, 0.2) is 66.7 Å². The fourth-order valence-corrected chi connectivity index (χ4v) is 3.53. The third-order valence-corrected chi connectivity index (χ3v) is 5.06. The number of hydrogen-bond donors (Lipinski definition) is 2. The van der Waals surface area contributed by atoms with E-state index in [2.05, 4.69) is 15.4 Å². The highest BCUT2D eigenvalue weighted by molar-refractivity contribution is 6.15. The Balaban J connectivity index is 1.53. The molecule has 174 valence electrons. The van der Waals surface area contributed by atoms with Crippen LogP contribution in [0.25, 0.3) is 0 Å². The van der Waals surface area contributed by atoms with Gasteiger partial charge in [0.2, 0.25) is 5.91 Å². The normalized spacial score (nSPS) is 12.6. The second-order valence-electron chi connectivity index (χ2n) is 7.20. The Hall–Kier alpha value is -4.47. The van der Waals surface area contributed by atoms with Gasteiger partial charge in [0, 0.05) is 11.3 Å². The summed E-state index contributed by atoms with van der Waals surface area (Å²) < 4.78 is 35.1. The predicted molar refractivity (Wildman–Crippen MR) is 121 cm³/mol. The smallest absolute Gasteiger partial charge is 0.387 e. The summed E-state index contributed by atoms with van der Waals surface area (Å²) in [6, 6.07) is 17.1. The number of nitrogens with zero attached hydrogens (tertiary/aromatic N) is 1. The van der Waals surface area contributed by atoms with E-state index < -0.39 is 12.5 Å². The molecule has 0 fully saturated rings. The third kappa shape index (κ3) is 4.65. The van der Waals surface area contributed by atoms with Crippen LogP contribution < -0.4 is 25.0 Å². The van der Waals surface area contributed by atoms with E-state index in [1.54, 1.807) is 24.3 Å². The summed E-state index contributed by atoms with van der Waals surface area (Å²) in [4.78, 5) is 39.1. The molecule has 0 radical (unpaired) electrons. The average Bonchev–Trinajstić information content (AvgIpc) is 2.83. The zero-order chi connectivity index (χ0) is 24.2. The second kappa shape index (κ2) is 9.57. The lowest BCUT2D eigenvalue weighted by atomic mass is 10.1. The summed E-state index contributed by atoms with van der Waals surface area (Å²) in [6.07, 6.45) is 0. The molecule has 0 spiro atoms. The number of anilines is 3. The van der Waals surface area contributed by atoms with Gasteiger partial charge in [-0.2, -0.15) is 8.78 Å². The molecular formula is C24H19F2N3O5. The van der Waals surface area contributed by atoms with Crippen molar-refractivity contribution >= 4 is 34.8 Å². The largest absolute Gasteiger partial charge is 0.493 e. The van der Waals surface area contributed by atoms with Crippen LogP contribution in [0.1, 0.15) is 20.7 Å². The molecule has 0 aliphatic carbocycles. The lowest BCUT2D eigenvalue weighted by molar-refractivity contribution is -0.115. The van der Waals surface area contributed by atoms with Crippen molar-refractivity contribution in [1.29, 1.82) is 0 Å². The van der Waals surface area contributed by atoms with Crippen molar-refractivity contribution in [3.63, 3.8) is 0 Å². The van der Waals surface area contributed by atoms with Crippen LogP contribution in [-0.4, -0.2) is 38.0 Å². The van der Waals surface area contributed by atoms with E-state index in [4.69, 9.17) is 4.74 Å². The number of hydrogen-bond acceptors (Lipinski definition) is 5. The van der Waals surface area contributed by atoms with Crippen molar-refractivity contribution in [3.8, 4) is 11.5 Å². The molecule has 8 nitrogen and oxygen atoms in total. The van der Waals surface area contributed by atoms with Gasteiger partial charge in [-0.05, 0) is 48.5 Å². The number of methoxy groups -OCH3 is 1. The molecule has 0 bridgehead atoms. The van der Waals surface area contributed by atoms with Crippen LogP contribution in [-0.2, 0) is 4.79 Å². The Morgan fingerprint density at radius 1 is 1.03 bits per heavy atom. The number of para-hydroxylation sites is 3. The van der Waals surface area contributed by atoms with E-state index in [1.807, 2.05) is 0 Å². The van der Waals surface area contributed by atoms with Gasteiger partial charge in [0.15, 0.2) is 11.5 Å². The number of fused-ring (bicyclic) bond motifs is 1. The van der Waals surface area contributed by atoms with E-state index in [0.717, 1.165) is 0 Å². The molecule has 0 atom stereocenters. The number of carbonyl (C=O) groups excluding carboxylic acids is 3. The van der Waals surface area contributed by atoms with Crippen LogP contribution in [0.3, 0.4) is 0 Å². The van der Waals surface area contributed by atoms with E-state index in [-0.39, 0.29) is 35.4 Å². The molecule has 1 aliphatic heterocycles. The van der Waals surface area contributed by atoms with E-state index in [0.29, 0.717) is 22.6 Å². The lowest BCUT2D eigenvalue weighted by Gasteiger charge is -2.29. The summed E-state index contributed by atoms with van der Waals surface area (Å²) in [5.41, 5.74) is 1.59. The molecule has 0 saturated heterocycles. The predicted octanol–water partition coefficient (Wildman–Crippen LogP) is 4.15. The van der Waals surface area contributed by atoms with Crippen molar-refractivity contribution in [1.82, 2.24) is 0 Å². The topological polar surface area (TPSA) is 97.0 Å². The van der Waals surface area contributed by atoms with E-state index >= 15 is 0 Å². The standard InChI is InChI=1S/C24H19F2N3O5/c1-33-19-8-4-5-16(21(19)34-24(25)26)22(31)27-15-11-9-14(10-12-15)23(32)29-13-20(30)28-17-6-2-3-7-18(17)29/h2-12,24H,13H2,1H3,(H,27,31)(H,28,30). The quantitative estimate of drug-likeness (QED) is 0.568. The maximum atomic E-state index is 13.0. The molecule has 10 heteroatoms. The number of halogens is 2. The number of rotatable bonds is 6. The maximum Gasteiger partial charge on any atom is 0.387 e. The van der Waals surface area contributed by atoms with Gasteiger partial charge in [-0.3, -0.25) is 19.3 Å². The number of ether oxygens (including phenoxy) is 2. The van der Waals surface area contributed by atoms with Crippen molar-refractivity contribution in [2.24, 2.45) is 0 Å². The molecule has 0 unspecified atom stereocenters. The highest BCUT2D eigenvalue weighted by Crippen LogP contribution is 2.33. The van der Waals surface area contributed by atoms with Gasteiger partial charge in [-0.1, -0.05) is 18.2 Å². The molecule has 3 aromatic rings.